The lowest BCUT2D eigenvalue weighted by Crippen LogP contribution is -2.37. The molecule has 1 N–H and O–H groups in total. The molecule has 1 aliphatic heterocycles. The van der Waals surface area contributed by atoms with Gasteiger partial charge in [-0.25, -0.2) is 0 Å². The van der Waals surface area contributed by atoms with E-state index < -0.39 is 0 Å². The van der Waals surface area contributed by atoms with Gasteiger partial charge in [-0.3, -0.25) is 4.90 Å². The standard InChI is InChI=1S/C10H21NO2/c1-9(10(2)12)3-4-11-5-7-13-8-6-11/h9-10,12H,3-8H2,1-2H3. The van der Waals surface area contributed by atoms with Gasteiger partial charge in [0.15, 0.2) is 0 Å². The van der Waals surface area contributed by atoms with E-state index in [2.05, 4.69) is 11.8 Å². The molecule has 0 aromatic carbocycles. The Bertz CT molecular complexity index is 133. The van der Waals surface area contributed by atoms with Crippen LogP contribution < -0.4 is 0 Å². The third-order valence-electron chi connectivity index (χ3n) is 2.83. The van der Waals surface area contributed by atoms with Crippen molar-refractivity contribution in [2.24, 2.45) is 5.92 Å². The van der Waals surface area contributed by atoms with Crippen LogP contribution in [0.2, 0.25) is 0 Å². The summed E-state index contributed by atoms with van der Waals surface area (Å²) >= 11 is 0. The number of hydrogen-bond donors (Lipinski definition) is 1. The van der Waals surface area contributed by atoms with Crippen LogP contribution >= 0.6 is 0 Å². The Balaban J connectivity index is 2.10. The summed E-state index contributed by atoms with van der Waals surface area (Å²) < 4.78 is 5.26. The topological polar surface area (TPSA) is 32.7 Å². The highest BCUT2D eigenvalue weighted by Crippen LogP contribution is 2.09. The van der Waals surface area contributed by atoms with Gasteiger partial charge in [0.1, 0.15) is 0 Å². The molecule has 0 radical (unpaired) electrons. The molecule has 1 fully saturated rings. The lowest BCUT2D eigenvalue weighted by atomic mass is 10.0. The quantitative estimate of drug-likeness (QED) is 0.704. The van der Waals surface area contributed by atoms with Gasteiger partial charge in [-0.1, -0.05) is 6.92 Å². The maximum atomic E-state index is 9.31. The summed E-state index contributed by atoms with van der Waals surface area (Å²) in [6, 6.07) is 0. The van der Waals surface area contributed by atoms with Gasteiger partial charge < -0.3 is 9.84 Å². The fraction of sp³-hybridized carbons (Fsp3) is 1.00. The van der Waals surface area contributed by atoms with Crippen molar-refractivity contribution in [1.82, 2.24) is 4.90 Å². The lowest BCUT2D eigenvalue weighted by molar-refractivity contribution is 0.0314. The van der Waals surface area contributed by atoms with Crippen LogP contribution in [0.5, 0.6) is 0 Å². The third kappa shape index (κ3) is 4.07. The summed E-state index contributed by atoms with van der Waals surface area (Å²) in [4.78, 5) is 2.41. The number of aliphatic hydroxyl groups is 1. The van der Waals surface area contributed by atoms with Crippen LogP contribution in [0.3, 0.4) is 0 Å². The van der Waals surface area contributed by atoms with Gasteiger partial charge in [-0.15, -0.1) is 0 Å². The molecule has 0 aromatic heterocycles. The maximum absolute atomic E-state index is 9.31. The minimum Gasteiger partial charge on any atom is -0.393 e. The molecule has 1 heterocycles. The fourth-order valence-electron chi connectivity index (χ4n) is 1.45. The third-order valence-corrected chi connectivity index (χ3v) is 2.83. The molecule has 0 spiro atoms. The zero-order valence-corrected chi connectivity index (χ0v) is 8.70. The van der Waals surface area contributed by atoms with E-state index in [0.717, 1.165) is 39.3 Å². The van der Waals surface area contributed by atoms with Crippen LogP contribution in [-0.4, -0.2) is 49.0 Å². The Morgan fingerprint density at radius 3 is 2.46 bits per heavy atom. The molecular formula is C10H21NO2. The SMILES string of the molecule is CC(O)C(C)CCN1CCOCC1. The minimum atomic E-state index is -0.180. The highest BCUT2D eigenvalue weighted by molar-refractivity contribution is 4.66. The second-order valence-electron chi connectivity index (χ2n) is 3.96. The van der Waals surface area contributed by atoms with E-state index in [1.165, 1.54) is 0 Å². The van der Waals surface area contributed by atoms with E-state index >= 15 is 0 Å². The molecule has 0 aliphatic carbocycles. The molecule has 3 nitrogen and oxygen atoms in total. The number of rotatable bonds is 4. The Kier molecular flexibility index (Phi) is 4.70. The number of ether oxygens (including phenoxy) is 1. The summed E-state index contributed by atoms with van der Waals surface area (Å²) in [6.45, 7) is 8.88. The van der Waals surface area contributed by atoms with Gasteiger partial charge >= 0.3 is 0 Å². The summed E-state index contributed by atoms with van der Waals surface area (Å²) in [5, 5.41) is 9.31. The molecule has 13 heavy (non-hydrogen) atoms. The van der Waals surface area contributed by atoms with E-state index in [4.69, 9.17) is 4.74 Å². The van der Waals surface area contributed by atoms with E-state index in [1.54, 1.807) is 0 Å². The van der Waals surface area contributed by atoms with Gasteiger partial charge in [-0.2, -0.15) is 0 Å². The zero-order valence-electron chi connectivity index (χ0n) is 8.70. The second-order valence-corrected chi connectivity index (χ2v) is 3.96. The number of hydrogen-bond acceptors (Lipinski definition) is 3. The van der Waals surface area contributed by atoms with Gasteiger partial charge in [0.25, 0.3) is 0 Å². The first kappa shape index (κ1) is 11.0. The van der Waals surface area contributed by atoms with Crippen molar-refractivity contribution in [2.75, 3.05) is 32.8 Å². The van der Waals surface area contributed by atoms with Gasteiger partial charge in [0.2, 0.25) is 0 Å². The first-order valence-corrected chi connectivity index (χ1v) is 5.18. The normalized spacial score (nSPS) is 24.2. The Morgan fingerprint density at radius 2 is 1.92 bits per heavy atom. The van der Waals surface area contributed by atoms with Crippen molar-refractivity contribution in [3.05, 3.63) is 0 Å². The van der Waals surface area contributed by atoms with Gasteiger partial charge in [0, 0.05) is 13.1 Å². The molecule has 1 aliphatic rings. The molecule has 0 amide bonds. The number of nitrogens with zero attached hydrogens (tertiary/aromatic N) is 1. The summed E-state index contributed by atoms with van der Waals surface area (Å²) in [6.07, 6.45) is 0.901. The van der Waals surface area contributed by atoms with E-state index in [1.807, 2.05) is 6.92 Å². The van der Waals surface area contributed by atoms with Crippen molar-refractivity contribution < 1.29 is 9.84 Å². The molecule has 0 bridgehead atoms. The lowest BCUT2D eigenvalue weighted by Gasteiger charge is -2.28. The molecule has 0 aromatic rings. The van der Waals surface area contributed by atoms with Crippen molar-refractivity contribution >= 4 is 0 Å². The van der Waals surface area contributed by atoms with Crippen molar-refractivity contribution in [1.29, 1.82) is 0 Å². The minimum absolute atomic E-state index is 0.180. The van der Waals surface area contributed by atoms with E-state index in [0.29, 0.717) is 5.92 Å². The van der Waals surface area contributed by atoms with Crippen LogP contribution in [0.25, 0.3) is 0 Å². The number of aliphatic hydroxyl groups excluding tert-OH is 1. The first-order valence-electron chi connectivity index (χ1n) is 5.18. The molecule has 1 rings (SSSR count). The van der Waals surface area contributed by atoms with Crippen LogP contribution in [0.4, 0.5) is 0 Å². The Morgan fingerprint density at radius 1 is 1.31 bits per heavy atom. The summed E-state index contributed by atoms with van der Waals surface area (Å²) in [7, 11) is 0. The predicted octanol–water partition coefficient (Wildman–Crippen LogP) is 0.726. The van der Waals surface area contributed by atoms with Crippen molar-refractivity contribution in [3.63, 3.8) is 0 Å². The highest BCUT2D eigenvalue weighted by Gasteiger charge is 2.13. The second kappa shape index (κ2) is 5.58. The number of morpholine rings is 1. The first-order chi connectivity index (χ1) is 6.20. The largest absolute Gasteiger partial charge is 0.393 e. The molecule has 1 saturated heterocycles. The Labute approximate surface area is 80.7 Å². The average molecular weight is 187 g/mol. The highest BCUT2D eigenvalue weighted by atomic mass is 16.5. The molecule has 0 saturated carbocycles. The van der Waals surface area contributed by atoms with E-state index in [9.17, 15) is 5.11 Å². The smallest absolute Gasteiger partial charge is 0.0594 e. The monoisotopic (exact) mass is 187 g/mol. The van der Waals surface area contributed by atoms with Crippen molar-refractivity contribution in [2.45, 2.75) is 26.4 Å². The molecule has 3 heteroatoms. The van der Waals surface area contributed by atoms with Gasteiger partial charge in [0.05, 0.1) is 19.3 Å². The predicted molar refractivity (Wildman–Crippen MR) is 52.7 cm³/mol. The fourth-order valence-corrected chi connectivity index (χ4v) is 1.45. The molecule has 78 valence electrons. The molecular weight excluding hydrogens is 166 g/mol. The molecule has 2 unspecified atom stereocenters. The summed E-state index contributed by atoms with van der Waals surface area (Å²) in [5.74, 6) is 0.405. The summed E-state index contributed by atoms with van der Waals surface area (Å²) in [5.41, 5.74) is 0. The van der Waals surface area contributed by atoms with Crippen LogP contribution in [0.1, 0.15) is 20.3 Å². The maximum Gasteiger partial charge on any atom is 0.0594 e. The average Bonchev–Trinajstić information content (AvgIpc) is 2.15. The van der Waals surface area contributed by atoms with Gasteiger partial charge in [-0.05, 0) is 25.8 Å². The van der Waals surface area contributed by atoms with Crippen LogP contribution in [0.15, 0.2) is 0 Å². The van der Waals surface area contributed by atoms with Crippen LogP contribution in [0, 0.1) is 5.92 Å². The Hall–Kier alpha value is -0.120. The van der Waals surface area contributed by atoms with E-state index in [-0.39, 0.29) is 6.10 Å². The van der Waals surface area contributed by atoms with Crippen LogP contribution in [-0.2, 0) is 4.74 Å². The zero-order chi connectivity index (χ0) is 9.68. The molecule has 2 atom stereocenters. The van der Waals surface area contributed by atoms with Crippen molar-refractivity contribution in [3.8, 4) is 0 Å².